The Bertz CT molecular complexity index is 474. The van der Waals surface area contributed by atoms with E-state index in [0.29, 0.717) is 5.92 Å². The third-order valence-electron chi connectivity index (χ3n) is 4.01. The Labute approximate surface area is 112 Å². The monoisotopic (exact) mass is 263 g/mol. The molecule has 2 N–H and O–H groups in total. The van der Waals surface area contributed by atoms with Crippen LogP contribution in [0.1, 0.15) is 43.1 Å². The molecule has 0 amide bonds. The molecule has 1 atom stereocenters. The molecule has 1 aromatic rings. The average Bonchev–Trinajstić information content (AvgIpc) is 2.92. The van der Waals surface area contributed by atoms with E-state index in [2.05, 4.69) is 15.3 Å². The van der Waals surface area contributed by atoms with Gasteiger partial charge in [-0.05, 0) is 38.8 Å². The molecule has 0 radical (unpaired) electrons. The van der Waals surface area contributed by atoms with Crippen molar-refractivity contribution in [3.05, 3.63) is 27.9 Å². The second-order valence-electron chi connectivity index (χ2n) is 5.48. The van der Waals surface area contributed by atoms with Gasteiger partial charge < -0.3 is 15.0 Å². The lowest BCUT2D eigenvalue weighted by Gasteiger charge is -2.22. The minimum absolute atomic E-state index is 0.0310. The van der Waals surface area contributed by atoms with E-state index in [4.69, 9.17) is 4.74 Å². The minimum atomic E-state index is -0.0310. The van der Waals surface area contributed by atoms with Crippen molar-refractivity contribution in [1.82, 2.24) is 15.3 Å². The summed E-state index contributed by atoms with van der Waals surface area (Å²) in [5.41, 5.74) is 0.926. The number of hydrogen-bond acceptors (Lipinski definition) is 4. The number of aromatic amines is 1. The molecule has 3 rings (SSSR count). The molecule has 2 saturated heterocycles. The van der Waals surface area contributed by atoms with Crippen LogP contribution in [0.3, 0.4) is 0 Å². The van der Waals surface area contributed by atoms with Gasteiger partial charge in [-0.2, -0.15) is 0 Å². The first-order valence-electron chi connectivity index (χ1n) is 7.24. The van der Waals surface area contributed by atoms with Crippen LogP contribution in [0.25, 0.3) is 0 Å². The molecule has 2 aliphatic rings. The van der Waals surface area contributed by atoms with Crippen molar-refractivity contribution < 1.29 is 4.74 Å². The lowest BCUT2D eigenvalue weighted by Crippen LogP contribution is -2.28. The van der Waals surface area contributed by atoms with Crippen molar-refractivity contribution in [3.63, 3.8) is 0 Å². The van der Waals surface area contributed by atoms with Crippen molar-refractivity contribution in [2.75, 3.05) is 19.7 Å². The highest BCUT2D eigenvalue weighted by Gasteiger charge is 2.20. The van der Waals surface area contributed by atoms with E-state index < -0.39 is 0 Å². The molecule has 3 heterocycles. The number of ether oxygens (including phenoxy) is 1. The highest BCUT2D eigenvalue weighted by molar-refractivity contribution is 5.10. The van der Waals surface area contributed by atoms with Gasteiger partial charge in [-0.3, -0.25) is 4.79 Å². The molecule has 5 nitrogen and oxygen atoms in total. The first-order chi connectivity index (χ1) is 9.31. The quantitative estimate of drug-likeness (QED) is 0.852. The highest BCUT2D eigenvalue weighted by atomic mass is 16.5. The van der Waals surface area contributed by atoms with Crippen LogP contribution < -0.4 is 10.9 Å². The van der Waals surface area contributed by atoms with E-state index in [1.807, 2.05) is 0 Å². The Morgan fingerprint density at radius 3 is 2.89 bits per heavy atom. The van der Waals surface area contributed by atoms with Crippen LogP contribution in [0, 0.1) is 0 Å². The molecule has 104 valence electrons. The lowest BCUT2D eigenvalue weighted by atomic mass is 9.94. The standard InChI is InChI=1S/C14H21N3O2/c18-14-9-12(10-3-5-15-6-4-10)16-13(17-14)8-11-2-1-7-19-11/h9-11,15H,1-8H2,(H,16,17,18). The maximum Gasteiger partial charge on any atom is 0.251 e. The first kappa shape index (κ1) is 12.8. The van der Waals surface area contributed by atoms with E-state index in [-0.39, 0.29) is 11.7 Å². The minimum Gasteiger partial charge on any atom is -0.378 e. The molecule has 0 spiro atoms. The fraction of sp³-hybridized carbons (Fsp3) is 0.714. The zero-order chi connectivity index (χ0) is 13.1. The maximum absolute atomic E-state index is 11.8. The average molecular weight is 263 g/mol. The zero-order valence-corrected chi connectivity index (χ0v) is 11.2. The van der Waals surface area contributed by atoms with Gasteiger partial charge in [0.2, 0.25) is 0 Å². The molecule has 1 unspecified atom stereocenters. The zero-order valence-electron chi connectivity index (χ0n) is 11.2. The van der Waals surface area contributed by atoms with Crippen LogP contribution in [-0.2, 0) is 11.2 Å². The number of rotatable bonds is 3. The maximum atomic E-state index is 11.8. The Balaban J connectivity index is 1.76. The lowest BCUT2D eigenvalue weighted by molar-refractivity contribution is 0.109. The van der Waals surface area contributed by atoms with Gasteiger partial charge in [-0.15, -0.1) is 0 Å². The van der Waals surface area contributed by atoms with Crippen LogP contribution in [-0.4, -0.2) is 35.8 Å². The summed E-state index contributed by atoms with van der Waals surface area (Å²) < 4.78 is 5.61. The van der Waals surface area contributed by atoms with Crippen molar-refractivity contribution in [1.29, 1.82) is 0 Å². The molecule has 2 fully saturated rings. The van der Waals surface area contributed by atoms with Gasteiger partial charge in [0.15, 0.2) is 0 Å². The fourth-order valence-corrected chi connectivity index (χ4v) is 2.97. The molecule has 0 aliphatic carbocycles. The first-order valence-corrected chi connectivity index (χ1v) is 7.24. The van der Waals surface area contributed by atoms with Crippen LogP contribution in [0.5, 0.6) is 0 Å². The third kappa shape index (κ3) is 3.22. The Morgan fingerprint density at radius 1 is 1.32 bits per heavy atom. The van der Waals surface area contributed by atoms with Crippen molar-refractivity contribution in [2.24, 2.45) is 0 Å². The molecule has 19 heavy (non-hydrogen) atoms. The summed E-state index contributed by atoms with van der Waals surface area (Å²) in [5, 5.41) is 3.34. The van der Waals surface area contributed by atoms with Gasteiger partial charge in [0.25, 0.3) is 5.56 Å². The van der Waals surface area contributed by atoms with Gasteiger partial charge in [0.1, 0.15) is 5.82 Å². The number of aromatic nitrogens is 2. The molecule has 0 aromatic carbocycles. The molecule has 0 bridgehead atoms. The van der Waals surface area contributed by atoms with Crippen LogP contribution in [0.4, 0.5) is 0 Å². The summed E-state index contributed by atoms with van der Waals surface area (Å²) in [6.45, 7) is 2.86. The molecule has 0 saturated carbocycles. The van der Waals surface area contributed by atoms with E-state index in [1.54, 1.807) is 6.07 Å². The summed E-state index contributed by atoms with van der Waals surface area (Å²) in [5.74, 6) is 1.21. The highest BCUT2D eigenvalue weighted by Crippen LogP contribution is 2.23. The second-order valence-corrected chi connectivity index (χ2v) is 5.48. The Kier molecular flexibility index (Phi) is 3.94. The molecular weight excluding hydrogens is 242 g/mol. The van der Waals surface area contributed by atoms with Crippen molar-refractivity contribution >= 4 is 0 Å². The summed E-state index contributed by atoms with van der Waals surface area (Å²) in [6.07, 6.45) is 5.27. The molecule has 2 aliphatic heterocycles. The van der Waals surface area contributed by atoms with Gasteiger partial charge in [0.05, 0.1) is 11.8 Å². The third-order valence-corrected chi connectivity index (χ3v) is 4.01. The predicted molar refractivity (Wildman–Crippen MR) is 72.4 cm³/mol. The number of piperidine rings is 1. The predicted octanol–water partition coefficient (Wildman–Crippen LogP) is 0.958. The van der Waals surface area contributed by atoms with Crippen LogP contribution in [0.15, 0.2) is 10.9 Å². The molecule has 5 heteroatoms. The number of H-pyrrole nitrogens is 1. The van der Waals surface area contributed by atoms with Gasteiger partial charge in [0, 0.05) is 25.0 Å². The van der Waals surface area contributed by atoms with Crippen LogP contribution >= 0.6 is 0 Å². The normalized spacial score (nSPS) is 24.7. The number of nitrogens with one attached hydrogen (secondary N) is 2. The largest absolute Gasteiger partial charge is 0.378 e. The van der Waals surface area contributed by atoms with E-state index in [1.165, 1.54) is 0 Å². The summed E-state index contributed by atoms with van der Waals surface area (Å²) >= 11 is 0. The number of hydrogen-bond donors (Lipinski definition) is 2. The van der Waals surface area contributed by atoms with Crippen molar-refractivity contribution in [3.8, 4) is 0 Å². The smallest absolute Gasteiger partial charge is 0.251 e. The van der Waals surface area contributed by atoms with Gasteiger partial charge in [-0.25, -0.2) is 4.98 Å². The van der Waals surface area contributed by atoms with E-state index in [0.717, 1.165) is 63.3 Å². The Morgan fingerprint density at radius 2 is 2.16 bits per heavy atom. The van der Waals surface area contributed by atoms with Crippen LogP contribution in [0.2, 0.25) is 0 Å². The van der Waals surface area contributed by atoms with Gasteiger partial charge in [-0.1, -0.05) is 0 Å². The van der Waals surface area contributed by atoms with Crippen molar-refractivity contribution in [2.45, 2.75) is 44.1 Å². The SMILES string of the molecule is O=c1cc(C2CCNCC2)nc(CC2CCCO2)[nH]1. The molecule has 1 aromatic heterocycles. The summed E-state index contributed by atoms with van der Waals surface area (Å²) in [7, 11) is 0. The van der Waals surface area contributed by atoms with E-state index in [9.17, 15) is 4.79 Å². The summed E-state index contributed by atoms with van der Waals surface area (Å²) in [6, 6.07) is 1.66. The summed E-state index contributed by atoms with van der Waals surface area (Å²) in [4.78, 5) is 19.3. The topological polar surface area (TPSA) is 67.0 Å². The van der Waals surface area contributed by atoms with Gasteiger partial charge >= 0.3 is 0 Å². The molecular formula is C14H21N3O2. The fourth-order valence-electron chi connectivity index (χ4n) is 2.97. The van der Waals surface area contributed by atoms with E-state index >= 15 is 0 Å². The second kappa shape index (κ2) is 5.84. The number of nitrogens with zero attached hydrogens (tertiary/aromatic N) is 1. The Hall–Kier alpha value is -1.20.